The quantitative estimate of drug-likeness (QED) is 0.676. The van der Waals surface area contributed by atoms with Crippen molar-refractivity contribution in [2.24, 2.45) is 0 Å². The predicted octanol–water partition coefficient (Wildman–Crippen LogP) is 2.22. The summed E-state index contributed by atoms with van der Waals surface area (Å²) in [5.74, 6) is -1.83. The summed E-state index contributed by atoms with van der Waals surface area (Å²) in [4.78, 5) is 35.6. The number of nitrogens with zero attached hydrogens (tertiary/aromatic N) is 2. The lowest BCUT2D eigenvalue weighted by Gasteiger charge is -2.15. The van der Waals surface area contributed by atoms with E-state index in [0.29, 0.717) is 22.4 Å². The molecule has 9 nitrogen and oxygen atoms in total. The Bertz CT molecular complexity index is 1010. The summed E-state index contributed by atoms with van der Waals surface area (Å²) < 4.78 is 11.0. The Morgan fingerprint density at radius 1 is 1.13 bits per heavy atom. The van der Waals surface area contributed by atoms with Gasteiger partial charge < -0.3 is 19.7 Å². The predicted molar refractivity (Wildman–Crippen MR) is 103 cm³/mol. The van der Waals surface area contributed by atoms with E-state index in [0.717, 1.165) is 0 Å². The molecule has 1 aliphatic rings. The zero-order valence-corrected chi connectivity index (χ0v) is 15.8. The summed E-state index contributed by atoms with van der Waals surface area (Å²) in [5, 5.41) is 26.9. The zero-order chi connectivity index (χ0) is 21.7. The van der Waals surface area contributed by atoms with E-state index in [-0.39, 0.29) is 31.7 Å². The van der Waals surface area contributed by atoms with Crippen LogP contribution in [0.3, 0.4) is 0 Å². The molecule has 30 heavy (non-hydrogen) atoms. The second-order valence-electron chi connectivity index (χ2n) is 6.67. The fourth-order valence-corrected chi connectivity index (χ4v) is 3.04. The third-order valence-electron chi connectivity index (χ3n) is 4.44. The highest BCUT2D eigenvalue weighted by atomic mass is 16.6. The zero-order valence-electron chi connectivity index (χ0n) is 15.8. The van der Waals surface area contributed by atoms with Crippen molar-refractivity contribution in [3.63, 3.8) is 0 Å². The minimum atomic E-state index is -1.05. The van der Waals surface area contributed by atoms with Gasteiger partial charge in [0.05, 0.1) is 31.0 Å². The highest BCUT2D eigenvalue weighted by Crippen LogP contribution is 2.25. The van der Waals surface area contributed by atoms with Crippen molar-refractivity contribution in [1.82, 2.24) is 0 Å². The van der Waals surface area contributed by atoms with Crippen LogP contribution in [-0.4, -0.2) is 47.5 Å². The van der Waals surface area contributed by atoms with Gasteiger partial charge in [-0.15, -0.1) is 0 Å². The molecule has 2 aromatic carbocycles. The number of rotatable bonds is 8. The van der Waals surface area contributed by atoms with Gasteiger partial charge in [-0.1, -0.05) is 12.1 Å². The molecule has 0 aliphatic carbocycles. The number of anilines is 1. The maximum absolute atomic E-state index is 12.2. The van der Waals surface area contributed by atoms with Gasteiger partial charge in [0.1, 0.15) is 12.4 Å². The van der Waals surface area contributed by atoms with Crippen molar-refractivity contribution in [1.29, 1.82) is 5.26 Å². The van der Waals surface area contributed by atoms with Gasteiger partial charge in [-0.2, -0.15) is 5.26 Å². The van der Waals surface area contributed by atoms with E-state index >= 15 is 0 Å². The van der Waals surface area contributed by atoms with Crippen LogP contribution < -0.4 is 9.64 Å². The molecule has 0 aromatic heterocycles. The molecule has 0 bridgehead atoms. The first-order valence-electron chi connectivity index (χ1n) is 9.02. The molecule has 0 spiro atoms. The molecule has 1 aliphatic heterocycles. The average molecular weight is 410 g/mol. The second-order valence-corrected chi connectivity index (χ2v) is 6.67. The summed E-state index contributed by atoms with van der Waals surface area (Å²) in [6.07, 6.45) is -1.67. The van der Waals surface area contributed by atoms with E-state index in [4.69, 9.17) is 24.9 Å². The van der Waals surface area contributed by atoms with Gasteiger partial charge in [-0.25, -0.2) is 4.79 Å². The topological polar surface area (TPSA) is 137 Å². The lowest BCUT2D eigenvalue weighted by atomic mass is 10.1. The highest BCUT2D eigenvalue weighted by Gasteiger charge is 2.33. The smallest absolute Gasteiger partial charge is 0.414 e. The fraction of sp³-hybridized carbons (Fsp3) is 0.238. The Hall–Kier alpha value is -4.06. The van der Waals surface area contributed by atoms with E-state index in [1.54, 1.807) is 30.3 Å². The molecule has 2 aromatic rings. The van der Waals surface area contributed by atoms with Gasteiger partial charge in [0.15, 0.2) is 6.10 Å². The van der Waals surface area contributed by atoms with E-state index in [9.17, 15) is 14.4 Å². The summed E-state index contributed by atoms with van der Waals surface area (Å²) in [6, 6.07) is 13.0. The number of amides is 1. The molecular weight excluding hydrogens is 392 g/mol. The number of ether oxygens (including phenoxy) is 2. The number of carboxylic acid groups (broad SMARTS) is 2. The Kier molecular flexibility index (Phi) is 6.17. The van der Waals surface area contributed by atoms with Gasteiger partial charge in [0, 0.05) is 11.3 Å². The van der Waals surface area contributed by atoms with Crippen molar-refractivity contribution in [2.45, 2.75) is 18.9 Å². The average Bonchev–Trinajstić information content (AvgIpc) is 3.08. The van der Waals surface area contributed by atoms with Gasteiger partial charge >= 0.3 is 18.0 Å². The number of carbonyl (C=O) groups is 3. The van der Waals surface area contributed by atoms with Crippen molar-refractivity contribution in [3.8, 4) is 11.8 Å². The number of benzene rings is 2. The van der Waals surface area contributed by atoms with Crippen LogP contribution in [0.1, 0.15) is 16.7 Å². The van der Waals surface area contributed by atoms with Gasteiger partial charge in [0.2, 0.25) is 0 Å². The Labute approximate surface area is 171 Å². The summed E-state index contributed by atoms with van der Waals surface area (Å²) in [7, 11) is 0. The number of hydrogen-bond acceptors (Lipinski definition) is 6. The number of hydrogen-bond donors (Lipinski definition) is 2. The summed E-state index contributed by atoms with van der Waals surface area (Å²) in [5.41, 5.74) is 1.91. The number of carbonyl (C=O) groups excluding carboxylic acids is 1. The lowest BCUT2D eigenvalue weighted by Crippen LogP contribution is -2.26. The number of aliphatic carboxylic acids is 2. The number of cyclic esters (lactones) is 1. The van der Waals surface area contributed by atoms with Crippen molar-refractivity contribution < 1.29 is 34.1 Å². The van der Waals surface area contributed by atoms with Crippen molar-refractivity contribution in [2.75, 3.05) is 18.1 Å². The van der Waals surface area contributed by atoms with Crippen LogP contribution in [0.15, 0.2) is 42.5 Å². The van der Waals surface area contributed by atoms with Crippen LogP contribution in [0.4, 0.5) is 10.5 Å². The molecule has 1 amide bonds. The minimum Gasteiger partial charge on any atom is -0.489 e. The molecule has 154 valence electrons. The molecule has 1 unspecified atom stereocenters. The summed E-state index contributed by atoms with van der Waals surface area (Å²) in [6.45, 7) is 0.190. The maximum Gasteiger partial charge on any atom is 0.414 e. The normalized spacial score (nSPS) is 15.4. The third kappa shape index (κ3) is 5.05. The molecule has 1 heterocycles. The number of carboxylic acids is 2. The minimum absolute atomic E-state index is 0.0261. The monoisotopic (exact) mass is 410 g/mol. The Morgan fingerprint density at radius 2 is 1.83 bits per heavy atom. The molecule has 0 saturated carbocycles. The molecule has 1 fully saturated rings. The molecule has 1 saturated heterocycles. The van der Waals surface area contributed by atoms with Crippen LogP contribution in [0.5, 0.6) is 5.75 Å². The van der Waals surface area contributed by atoms with Gasteiger partial charge in [-0.3, -0.25) is 14.5 Å². The highest BCUT2D eigenvalue weighted by molar-refractivity contribution is 5.89. The largest absolute Gasteiger partial charge is 0.489 e. The van der Waals surface area contributed by atoms with E-state index < -0.39 is 24.1 Å². The van der Waals surface area contributed by atoms with Crippen LogP contribution in [0, 0.1) is 11.3 Å². The Morgan fingerprint density at radius 3 is 2.47 bits per heavy atom. The fourth-order valence-electron chi connectivity index (χ4n) is 3.04. The Balaban J connectivity index is 1.69. The van der Waals surface area contributed by atoms with Crippen LogP contribution in [0.2, 0.25) is 0 Å². The maximum atomic E-state index is 12.2. The van der Waals surface area contributed by atoms with E-state index in [1.807, 2.05) is 6.07 Å². The first-order valence-corrected chi connectivity index (χ1v) is 9.02. The second kappa shape index (κ2) is 8.96. The van der Waals surface area contributed by atoms with Crippen LogP contribution in [-0.2, 0) is 27.2 Å². The molecule has 0 radical (unpaired) electrons. The van der Waals surface area contributed by atoms with E-state index in [2.05, 4.69) is 0 Å². The molecule has 1 atom stereocenters. The first kappa shape index (κ1) is 20.7. The van der Waals surface area contributed by atoms with Crippen LogP contribution >= 0.6 is 0 Å². The summed E-state index contributed by atoms with van der Waals surface area (Å²) >= 11 is 0. The van der Waals surface area contributed by atoms with Crippen molar-refractivity contribution >= 4 is 23.7 Å². The first-order chi connectivity index (χ1) is 14.4. The molecule has 3 rings (SSSR count). The standard InChI is InChI=1S/C21H18N2O7/c22-10-13-2-5-16(6-3-13)23-11-17(30-21(23)28)12-29-18-7-14(8-19(24)25)1-4-15(18)9-20(26)27/h1-7,17H,8-9,11-12H2,(H,24,25)(H,26,27). The third-order valence-corrected chi connectivity index (χ3v) is 4.44. The van der Waals surface area contributed by atoms with Gasteiger partial charge in [-0.05, 0) is 35.9 Å². The lowest BCUT2D eigenvalue weighted by molar-refractivity contribution is -0.137. The number of nitriles is 1. The van der Waals surface area contributed by atoms with Crippen molar-refractivity contribution in [3.05, 3.63) is 59.2 Å². The molecule has 9 heteroatoms. The molecule has 2 N–H and O–H groups in total. The molecular formula is C21H18N2O7. The van der Waals surface area contributed by atoms with Crippen LogP contribution in [0.25, 0.3) is 0 Å². The van der Waals surface area contributed by atoms with E-state index in [1.165, 1.54) is 17.0 Å². The van der Waals surface area contributed by atoms with Gasteiger partial charge in [0.25, 0.3) is 0 Å². The SMILES string of the molecule is N#Cc1ccc(N2CC(COc3cc(CC(=O)O)ccc3CC(=O)O)OC2=O)cc1.